The molecule has 36 heavy (non-hydrogen) atoms. The molecule has 2 aromatic carbocycles. The summed E-state index contributed by atoms with van der Waals surface area (Å²) >= 11 is 0. The van der Waals surface area contributed by atoms with Crippen molar-refractivity contribution >= 4 is 29.3 Å². The molecule has 0 spiro atoms. The van der Waals surface area contributed by atoms with E-state index in [4.69, 9.17) is 9.52 Å². The average Bonchev–Trinajstić information content (AvgIpc) is 3.27. The Kier molecular flexibility index (Phi) is 7.41. The van der Waals surface area contributed by atoms with Crippen LogP contribution >= 0.6 is 0 Å². The minimum Gasteiger partial charge on any atom is -0.481 e. The predicted molar refractivity (Wildman–Crippen MR) is 122 cm³/mol. The van der Waals surface area contributed by atoms with Gasteiger partial charge in [-0.15, -0.1) is 18.3 Å². The topological polar surface area (TPSA) is 127 Å². The van der Waals surface area contributed by atoms with Gasteiger partial charge in [-0.05, 0) is 67.3 Å². The number of ether oxygens (including phenoxy) is 1. The van der Waals surface area contributed by atoms with Crippen LogP contribution in [0.1, 0.15) is 54.3 Å². The number of anilines is 3. The molecule has 0 unspecified atom stereocenters. The molecular formula is C24H23F3N4O5. The molecule has 3 aromatic rings. The Morgan fingerprint density at radius 2 is 1.75 bits per heavy atom. The Hall–Kier alpha value is -4.09. The second kappa shape index (κ2) is 10.7. The molecule has 1 fully saturated rings. The Morgan fingerprint density at radius 3 is 2.42 bits per heavy atom. The molecule has 12 heteroatoms. The first kappa shape index (κ1) is 25.0. The van der Waals surface area contributed by atoms with Gasteiger partial charge >= 0.3 is 30.1 Å². The third-order valence-electron chi connectivity index (χ3n) is 5.89. The minimum atomic E-state index is -4.83. The molecule has 1 amide bonds. The number of alkyl halides is 3. The van der Waals surface area contributed by atoms with Crippen molar-refractivity contribution in [1.29, 1.82) is 0 Å². The van der Waals surface area contributed by atoms with E-state index in [0.29, 0.717) is 11.6 Å². The van der Waals surface area contributed by atoms with E-state index in [-0.39, 0.29) is 29.9 Å². The summed E-state index contributed by atoms with van der Waals surface area (Å²) in [6.07, 6.45) is -1.01. The lowest BCUT2D eigenvalue weighted by Gasteiger charge is -2.28. The Labute approximate surface area is 203 Å². The number of amides is 1. The van der Waals surface area contributed by atoms with Crippen LogP contribution in [0.3, 0.4) is 0 Å². The van der Waals surface area contributed by atoms with Gasteiger partial charge in [0.05, 0.1) is 0 Å². The van der Waals surface area contributed by atoms with Crippen molar-refractivity contribution in [2.45, 2.75) is 44.4 Å². The Morgan fingerprint density at radius 1 is 1.03 bits per heavy atom. The van der Waals surface area contributed by atoms with E-state index < -0.39 is 24.0 Å². The van der Waals surface area contributed by atoms with Crippen LogP contribution in [0.25, 0.3) is 0 Å². The highest BCUT2D eigenvalue weighted by molar-refractivity contribution is 6.00. The second-order valence-corrected chi connectivity index (χ2v) is 8.50. The molecule has 1 aliphatic rings. The van der Waals surface area contributed by atoms with Crippen molar-refractivity contribution < 1.29 is 37.0 Å². The zero-order chi connectivity index (χ0) is 25.7. The van der Waals surface area contributed by atoms with E-state index in [0.717, 1.165) is 43.4 Å². The summed E-state index contributed by atoms with van der Waals surface area (Å²) in [5, 5.41) is 21.6. The standard InChI is InChI=1S/C24H23F3N4O5/c25-24(26,27)36-19-3-1-2-18(13-19)29-23-31-30-22(35-23)21(34)28-17-10-8-16(9-11-17)15-6-4-14(5-7-15)12-20(32)33/h1-3,8-11,13-15H,4-7,12H2,(H,28,34)(H,29,31)(H,32,33)/t14-,15-. The molecule has 0 aliphatic heterocycles. The molecule has 0 atom stereocenters. The molecule has 1 heterocycles. The van der Waals surface area contributed by atoms with Gasteiger partial charge in [0.25, 0.3) is 0 Å². The largest absolute Gasteiger partial charge is 0.573 e. The summed E-state index contributed by atoms with van der Waals surface area (Å²) in [5.41, 5.74) is 1.84. The van der Waals surface area contributed by atoms with Crippen LogP contribution in [-0.4, -0.2) is 33.5 Å². The van der Waals surface area contributed by atoms with E-state index in [2.05, 4.69) is 25.6 Å². The van der Waals surface area contributed by atoms with Crippen LogP contribution in [-0.2, 0) is 4.79 Å². The first-order chi connectivity index (χ1) is 17.1. The average molecular weight is 504 g/mol. The SMILES string of the molecule is O=C(O)C[C@H]1CC[C@H](c2ccc(NC(=O)c3nnc(Nc4cccc(OC(F)(F)F)c4)o3)cc2)CC1. The summed E-state index contributed by atoms with van der Waals surface area (Å²) in [5.74, 6) is -1.59. The van der Waals surface area contributed by atoms with E-state index >= 15 is 0 Å². The van der Waals surface area contributed by atoms with Crippen LogP contribution in [0.15, 0.2) is 52.9 Å². The van der Waals surface area contributed by atoms with Gasteiger partial charge in [0.15, 0.2) is 0 Å². The summed E-state index contributed by atoms with van der Waals surface area (Å²) in [6, 6.07) is 12.2. The number of hydrogen-bond acceptors (Lipinski definition) is 7. The zero-order valence-electron chi connectivity index (χ0n) is 18.9. The van der Waals surface area contributed by atoms with Crippen molar-refractivity contribution in [2.75, 3.05) is 10.6 Å². The highest BCUT2D eigenvalue weighted by Crippen LogP contribution is 2.37. The molecule has 0 saturated heterocycles. The number of carboxylic acid groups (broad SMARTS) is 1. The van der Waals surface area contributed by atoms with Crippen molar-refractivity contribution in [1.82, 2.24) is 10.2 Å². The van der Waals surface area contributed by atoms with E-state index in [1.54, 1.807) is 12.1 Å². The molecule has 1 aliphatic carbocycles. The molecule has 1 aromatic heterocycles. The Bertz CT molecular complexity index is 1200. The number of nitrogens with one attached hydrogen (secondary N) is 2. The van der Waals surface area contributed by atoms with E-state index in [9.17, 15) is 22.8 Å². The van der Waals surface area contributed by atoms with E-state index in [1.807, 2.05) is 12.1 Å². The van der Waals surface area contributed by atoms with Crippen LogP contribution in [0.5, 0.6) is 5.75 Å². The van der Waals surface area contributed by atoms with Gasteiger partial charge in [-0.25, -0.2) is 0 Å². The summed E-state index contributed by atoms with van der Waals surface area (Å²) in [6.45, 7) is 0. The van der Waals surface area contributed by atoms with Gasteiger partial charge in [-0.2, -0.15) is 0 Å². The zero-order valence-corrected chi connectivity index (χ0v) is 18.9. The smallest absolute Gasteiger partial charge is 0.481 e. The van der Waals surface area contributed by atoms with Gasteiger partial charge in [-0.3, -0.25) is 9.59 Å². The van der Waals surface area contributed by atoms with Crippen molar-refractivity contribution in [3.63, 3.8) is 0 Å². The summed E-state index contributed by atoms with van der Waals surface area (Å²) in [7, 11) is 0. The maximum Gasteiger partial charge on any atom is 0.573 e. The lowest BCUT2D eigenvalue weighted by Crippen LogP contribution is -2.17. The lowest BCUT2D eigenvalue weighted by molar-refractivity contribution is -0.274. The number of benzene rings is 2. The number of aliphatic carboxylic acids is 1. The monoisotopic (exact) mass is 504 g/mol. The Balaban J connectivity index is 1.31. The first-order valence-corrected chi connectivity index (χ1v) is 11.2. The predicted octanol–water partition coefficient (Wildman–Crippen LogP) is 5.71. The first-order valence-electron chi connectivity index (χ1n) is 11.2. The van der Waals surface area contributed by atoms with Crippen LogP contribution in [0, 0.1) is 5.92 Å². The second-order valence-electron chi connectivity index (χ2n) is 8.50. The lowest BCUT2D eigenvalue weighted by atomic mass is 9.77. The minimum absolute atomic E-state index is 0.182. The molecule has 4 rings (SSSR count). The number of carboxylic acids is 1. The molecule has 0 bridgehead atoms. The third-order valence-corrected chi connectivity index (χ3v) is 5.89. The number of aromatic nitrogens is 2. The number of halogens is 3. The quantitative estimate of drug-likeness (QED) is 0.356. The highest BCUT2D eigenvalue weighted by atomic mass is 19.4. The van der Waals surface area contributed by atoms with Gasteiger partial charge in [0.1, 0.15) is 5.75 Å². The molecule has 9 nitrogen and oxygen atoms in total. The van der Waals surface area contributed by atoms with Gasteiger partial charge in [-0.1, -0.05) is 23.3 Å². The van der Waals surface area contributed by atoms with Crippen molar-refractivity contribution in [3.8, 4) is 5.75 Å². The number of carbonyl (C=O) groups excluding carboxylic acids is 1. The van der Waals surface area contributed by atoms with Crippen LogP contribution in [0.4, 0.5) is 30.6 Å². The van der Waals surface area contributed by atoms with Crippen LogP contribution < -0.4 is 15.4 Å². The maximum absolute atomic E-state index is 12.5. The highest BCUT2D eigenvalue weighted by Gasteiger charge is 2.31. The van der Waals surface area contributed by atoms with Crippen molar-refractivity contribution in [3.05, 3.63) is 60.0 Å². The van der Waals surface area contributed by atoms with Crippen LogP contribution in [0.2, 0.25) is 0 Å². The number of nitrogens with zero attached hydrogens (tertiary/aromatic N) is 2. The fourth-order valence-electron chi connectivity index (χ4n) is 4.23. The molecule has 3 N–H and O–H groups in total. The molecule has 190 valence electrons. The fraction of sp³-hybridized carbons (Fsp3) is 0.333. The van der Waals surface area contributed by atoms with Crippen molar-refractivity contribution in [2.24, 2.45) is 5.92 Å². The maximum atomic E-state index is 12.5. The van der Waals surface area contributed by atoms with E-state index in [1.165, 1.54) is 12.1 Å². The number of rotatable bonds is 8. The number of hydrogen-bond donors (Lipinski definition) is 3. The summed E-state index contributed by atoms with van der Waals surface area (Å²) in [4.78, 5) is 23.4. The van der Waals surface area contributed by atoms with Gasteiger partial charge in [0.2, 0.25) is 0 Å². The molecule has 1 saturated carbocycles. The fourth-order valence-corrected chi connectivity index (χ4v) is 4.23. The molecule has 0 radical (unpaired) electrons. The van der Waals surface area contributed by atoms with Gasteiger partial charge < -0.3 is 24.9 Å². The normalized spacial score (nSPS) is 17.9. The third kappa shape index (κ3) is 6.96. The van der Waals surface area contributed by atoms with Gasteiger partial charge in [0, 0.05) is 23.9 Å². The molecular weight excluding hydrogens is 481 g/mol. The summed E-state index contributed by atoms with van der Waals surface area (Å²) < 4.78 is 46.3. The number of carbonyl (C=O) groups is 2.